The van der Waals surface area contributed by atoms with Crippen molar-refractivity contribution in [1.82, 2.24) is 4.31 Å². The maximum Gasteiger partial charge on any atom is 0.271 e. The van der Waals surface area contributed by atoms with Gasteiger partial charge in [-0.05, 0) is 43.2 Å². The molecule has 1 N–H and O–H groups in total. The fourth-order valence-corrected chi connectivity index (χ4v) is 4.56. The number of rotatable bonds is 7. The SMILES string of the molecule is Cc1ccc([N+](=O)[O-])cc1NC(=O)COc1ccc(S(=O)(=O)N2CCOCC2)cc1C. The van der Waals surface area contributed by atoms with Gasteiger partial charge in [0.1, 0.15) is 5.75 Å². The molecule has 1 aliphatic rings. The first-order valence-corrected chi connectivity index (χ1v) is 11.0. The number of nitro groups is 1. The second-order valence-corrected chi connectivity index (χ2v) is 8.97. The third-order valence-corrected chi connectivity index (χ3v) is 6.71. The fraction of sp³-hybridized carbons (Fsp3) is 0.350. The molecule has 0 atom stereocenters. The Hall–Kier alpha value is -3.02. The summed E-state index contributed by atoms with van der Waals surface area (Å²) in [6.07, 6.45) is 0. The van der Waals surface area contributed by atoms with Crippen LogP contribution >= 0.6 is 0 Å². The molecule has 3 rings (SSSR count). The van der Waals surface area contributed by atoms with Gasteiger partial charge in [-0.1, -0.05) is 6.07 Å². The van der Waals surface area contributed by atoms with E-state index in [1.165, 1.54) is 34.6 Å². The molecule has 166 valence electrons. The molecule has 1 aliphatic heterocycles. The third kappa shape index (κ3) is 5.37. The van der Waals surface area contributed by atoms with Gasteiger partial charge in [-0.2, -0.15) is 4.31 Å². The van der Waals surface area contributed by atoms with Crippen molar-refractivity contribution in [2.75, 3.05) is 38.2 Å². The second-order valence-electron chi connectivity index (χ2n) is 7.04. The summed E-state index contributed by atoms with van der Waals surface area (Å²) >= 11 is 0. The molecule has 0 aromatic heterocycles. The summed E-state index contributed by atoms with van der Waals surface area (Å²) in [6, 6.07) is 8.64. The maximum absolute atomic E-state index is 12.7. The Morgan fingerprint density at radius 2 is 1.87 bits per heavy atom. The van der Waals surface area contributed by atoms with Crippen molar-refractivity contribution in [3.8, 4) is 5.75 Å². The molecule has 0 aliphatic carbocycles. The number of sulfonamides is 1. The van der Waals surface area contributed by atoms with E-state index in [4.69, 9.17) is 9.47 Å². The van der Waals surface area contributed by atoms with Gasteiger partial charge in [0.25, 0.3) is 11.6 Å². The fourth-order valence-electron chi connectivity index (χ4n) is 3.07. The number of ether oxygens (including phenoxy) is 2. The van der Waals surface area contributed by atoms with Gasteiger partial charge in [0.05, 0.1) is 28.7 Å². The van der Waals surface area contributed by atoms with Crippen molar-refractivity contribution < 1.29 is 27.6 Å². The smallest absolute Gasteiger partial charge is 0.271 e. The predicted octanol–water partition coefficient (Wildman–Crippen LogP) is 2.25. The van der Waals surface area contributed by atoms with Crippen LogP contribution in [0.3, 0.4) is 0 Å². The number of carbonyl (C=O) groups excluding carboxylic acids is 1. The number of carbonyl (C=O) groups is 1. The number of morpholine rings is 1. The average molecular weight is 449 g/mol. The number of amides is 1. The highest BCUT2D eigenvalue weighted by Crippen LogP contribution is 2.25. The number of hydrogen-bond acceptors (Lipinski definition) is 7. The van der Waals surface area contributed by atoms with Gasteiger partial charge in [-0.3, -0.25) is 14.9 Å². The lowest BCUT2D eigenvalue weighted by atomic mass is 10.2. The quantitative estimate of drug-likeness (QED) is 0.507. The molecule has 0 bridgehead atoms. The zero-order chi connectivity index (χ0) is 22.6. The maximum atomic E-state index is 12.7. The van der Waals surface area contributed by atoms with Crippen molar-refractivity contribution in [3.63, 3.8) is 0 Å². The molecule has 11 heteroatoms. The number of benzene rings is 2. The minimum atomic E-state index is -3.63. The molecule has 1 amide bonds. The predicted molar refractivity (Wildman–Crippen MR) is 113 cm³/mol. The van der Waals surface area contributed by atoms with Gasteiger partial charge < -0.3 is 14.8 Å². The van der Waals surface area contributed by atoms with E-state index in [1.807, 2.05) is 0 Å². The summed E-state index contributed by atoms with van der Waals surface area (Å²) in [4.78, 5) is 22.8. The van der Waals surface area contributed by atoms with Gasteiger partial charge in [0, 0.05) is 25.2 Å². The normalized spacial score (nSPS) is 14.8. The highest BCUT2D eigenvalue weighted by Gasteiger charge is 2.26. The Labute approximate surface area is 180 Å². The molecule has 0 unspecified atom stereocenters. The molecule has 1 saturated heterocycles. The molecule has 2 aromatic rings. The van der Waals surface area contributed by atoms with Crippen LogP contribution in [0.1, 0.15) is 11.1 Å². The third-order valence-electron chi connectivity index (χ3n) is 4.82. The van der Waals surface area contributed by atoms with E-state index >= 15 is 0 Å². The van der Waals surface area contributed by atoms with Gasteiger partial charge in [0.2, 0.25) is 10.0 Å². The Morgan fingerprint density at radius 1 is 1.16 bits per heavy atom. The summed E-state index contributed by atoms with van der Waals surface area (Å²) in [7, 11) is -3.63. The highest BCUT2D eigenvalue weighted by molar-refractivity contribution is 7.89. The van der Waals surface area contributed by atoms with Gasteiger partial charge in [0.15, 0.2) is 6.61 Å². The summed E-state index contributed by atoms with van der Waals surface area (Å²) < 4.78 is 37.6. The standard InChI is InChI=1S/C20H23N3O7S/c1-14-3-4-16(23(25)26)12-18(14)21-20(24)13-30-19-6-5-17(11-15(19)2)31(27,28)22-7-9-29-10-8-22/h3-6,11-12H,7-10,13H2,1-2H3,(H,21,24). The van der Waals surface area contributed by atoms with Crippen molar-refractivity contribution >= 4 is 27.3 Å². The molecule has 1 fully saturated rings. The molecule has 31 heavy (non-hydrogen) atoms. The first kappa shape index (κ1) is 22.7. The summed E-state index contributed by atoms with van der Waals surface area (Å²) in [5, 5.41) is 13.5. The number of aryl methyl sites for hydroxylation is 2. The van der Waals surface area contributed by atoms with Crippen LogP contribution in [0.2, 0.25) is 0 Å². The Morgan fingerprint density at radius 3 is 2.52 bits per heavy atom. The first-order valence-electron chi connectivity index (χ1n) is 9.55. The molecular formula is C20H23N3O7S. The number of anilines is 1. The lowest BCUT2D eigenvalue weighted by Gasteiger charge is -2.26. The zero-order valence-corrected chi connectivity index (χ0v) is 18.0. The van der Waals surface area contributed by atoms with Crippen LogP contribution in [-0.2, 0) is 19.6 Å². The van der Waals surface area contributed by atoms with E-state index in [-0.39, 0.29) is 17.2 Å². The minimum absolute atomic E-state index is 0.130. The van der Waals surface area contributed by atoms with Gasteiger partial charge in [-0.25, -0.2) is 8.42 Å². The van der Waals surface area contributed by atoms with E-state index in [0.717, 1.165) is 0 Å². The number of nitrogens with zero attached hydrogens (tertiary/aromatic N) is 2. The second kappa shape index (κ2) is 9.41. The lowest BCUT2D eigenvalue weighted by molar-refractivity contribution is -0.384. The van der Waals surface area contributed by atoms with Crippen LogP contribution < -0.4 is 10.1 Å². The van der Waals surface area contributed by atoms with Crippen LogP contribution in [-0.4, -0.2) is 56.5 Å². The van der Waals surface area contributed by atoms with Crippen LogP contribution in [0.15, 0.2) is 41.3 Å². The summed E-state index contributed by atoms with van der Waals surface area (Å²) in [5.74, 6) is -0.125. The minimum Gasteiger partial charge on any atom is -0.483 e. The molecule has 1 heterocycles. The average Bonchev–Trinajstić information content (AvgIpc) is 2.74. The number of non-ortho nitro benzene ring substituents is 1. The van der Waals surface area contributed by atoms with Crippen molar-refractivity contribution in [3.05, 3.63) is 57.6 Å². The van der Waals surface area contributed by atoms with E-state index in [0.29, 0.717) is 48.9 Å². The van der Waals surface area contributed by atoms with E-state index in [1.54, 1.807) is 19.9 Å². The van der Waals surface area contributed by atoms with Crippen molar-refractivity contribution in [2.45, 2.75) is 18.7 Å². The topological polar surface area (TPSA) is 128 Å². The molecule has 0 saturated carbocycles. The lowest BCUT2D eigenvalue weighted by Crippen LogP contribution is -2.40. The molecular weight excluding hydrogens is 426 g/mol. The van der Waals surface area contributed by atoms with Gasteiger partial charge in [-0.15, -0.1) is 0 Å². The highest BCUT2D eigenvalue weighted by atomic mass is 32.2. The van der Waals surface area contributed by atoms with Crippen LogP contribution in [0.4, 0.5) is 11.4 Å². The van der Waals surface area contributed by atoms with Crippen molar-refractivity contribution in [1.29, 1.82) is 0 Å². The Kier molecular flexibility index (Phi) is 6.88. The number of nitrogens with one attached hydrogen (secondary N) is 1. The van der Waals surface area contributed by atoms with Crippen LogP contribution in [0, 0.1) is 24.0 Å². The summed E-state index contributed by atoms with van der Waals surface area (Å²) in [6.45, 7) is 4.40. The van der Waals surface area contributed by atoms with E-state index in [9.17, 15) is 23.3 Å². The molecule has 0 spiro atoms. The molecule has 10 nitrogen and oxygen atoms in total. The van der Waals surface area contributed by atoms with Crippen molar-refractivity contribution in [2.24, 2.45) is 0 Å². The first-order chi connectivity index (χ1) is 14.7. The van der Waals surface area contributed by atoms with Crippen LogP contribution in [0.5, 0.6) is 5.75 Å². The van der Waals surface area contributed by atoms with E-state index in [2.05, 4.69) is 5.32 Å². The van der Waals surface area contributed by atoms with E-state index < -0.39 is 20.9 Å². The molecule has 2 aromatic carbocycles. The summed E-state index contributed by atoms with van der Waals surface area (Å²) in [5.41, 5.74) is 1.43. The Balaban J connectivity index is 1.65. The number of nitro benzene ring substituents is 1. The van der Waals surface area contributed by atoms with Gasteiger partial charge >= 0.3 is 0 Å². The molecule has 0 radical (unpaired) electrons. The Bertz CT molecular complexity index is 1100. The largest absolute Gasteiger partial charge is 0.483 e. The van der Waals surface area contributed by atoms with Crippen LogP contribution in [0.25, 0.3) is 0 Å². The monoisotopic (exact) mass is 449 g/mol. The number of hydrogen-bond donors (Lipinski definition) is 1. The zero-order valence-electron chi connectivity index (χ0n) is 17.2.